The van der Waals surface area contributed by atoms with Gasteiger partial charge in [0.2, 0.25) is 0 Å². The Morgan fingerprint density at radius 1 is 1.33 bits per heavy atom. The molecular formula is C14H19BrN2O. The minimum atomic E-state index is -0.0150. The number of nitrogens with zero attached hydrogens (tertiary/aromatic N) is 1. The second-order valence-electron chi connectivity index (χ2n) is 4.92. The normalized spacial score (nSPS) is 24.3. The highest BCUT2D eigenvalue weighted by molar-refractivity contribution is 9.09. The van der Waals surface area contributed by atoms with E-state index >= 15 is 0 Å². The van der Waals surface area contributed by atoms with E-state index in [1.807, 2.05) is 19.1 Å². The lowest BCUT2D eigenvalue weighted by Crippen LogP contribution is -2.40. The molecule has 98 valence electrons. The molecule has 1 heterocycles. The van der Waals surface area contributed by atoms with Crippen molar-refractivity contribution >= 4 is 21.8 Å². The third-order valence-corrected chi connectivity index (χ3v) is 4.52. The number of alkyl halides is 1. The van der Waals surface area contributed by atoms with E-state index < -0.39 is 0 Å². The summed E-state index contributed by atoms with van der Waals surface area (Å²) in [7, 11) is 0. The first kappa shape index (κ1) is 13.5. The third kappa shape index (κ3) is 3.55. The minimum absolute atomic E-state index is 0.0150. The zero-order valence-corrected chi connectivity index (χ0v) is 12.2. The van der Waals surface area contributed by atoms with Crippen LogP contribution in [0.25, 0.3) is 0 Å². The molecule has 0 bridgehead atoms. The molecule has 1 saturated carbocycles. The fourth-order valence-corrected chi connectivity index (χ4v) is 3.00. The van der Waals surface area contributed by atoms with E-state index in [9.17, 15) is 4.79 Å². The van der Waals surface area contributed by atoms with E-state index in [1.54, 1.807) is 6.20 Å². The second kappa shape index (κ2) is 6.32. The van der Waals surface area contributed by atoms with Gasteiger partial charge in [0, 0.05) is 22.8 Å². The molecule has 3 nitrogen and oxygen atoms in total. The number of aromatic nitrogens is 1. The maximum Gasteiger partial charge on any atom is 0.253 e. The molecule has 0 aliphatic heterocycles. The lowest BCUT2D eigenvalue weighted by molar-refractivity contribution is 0.0934. The predicted molar refractivity (Wildman–Crippen MR) is 76.0 cm³/mol. The third-order valence-electron chi connectivity index (χ3n) is 3.42. The zero-order valence-electron chi connectivity index (χ0n) is 10.7. The van der Waals surface area contributed by atoms with Crippen molar-refractivity contribution in [2.45, 2.75) is 49.9 Å². The topological polar surface area (TPSA) is 42.0 Å². The van der Waals surface area contributed by atoms with E-state index in [4.69, 9.17) is 0 Å². The maximum atomic E-state index is 12.1. The summed E-state index contributed by atoms with van der Waals surface area (Å²) >= 11 is 3.69. The molecule has 1 aromatic heterocycles. The molecule has 1 aliphatic rings. The lowest BCUT2D eigenvalue weighted by atomic mass is 10.1. The number of hydrogen-bond donors (Lipinski definition) is 1. The van der Waals surface area contributed by atoms with Gasteiger partial charge in [0.1, 0.15) is 0 Å². The molecule has 1 fully saturated rings. The van der Waals surface area contributed by atoms with Crippen LogP contribution in [0.2, 0.25) is 0 Å². The molecule has 4 heteroatoms. The molecule has 0 saturated heterocycles. The van der Waals surface area contributed by atoms with E-state index in [1.165, 1.54) is 19.3 Å². The van der Waals surface area contributed by atoms with Gasteiger partial charge in [0.15, 0.2) is 0 Å². The number of carbonyl (C=O) groups excluding carboxylic acids is 1. The van der Waals surface area contributed by atoms with Crippen LogP contribution in [-0.2, 0) is 0 Å². The van der Waals surface area contributed by atoms with Crippen LogP contribution in [0, 0.1) is 6.92 Å². The number of aryl methyl sites for hydroxylation is 1. The van der Waals surface area contributed by atoms with Crippen LogP contribution in [0.4, 0.5) is 0 Å². The Balaban J connectivity index is 1.99. The Kier molecular flexibility index (Phi) is 4.75. The standard InChI is InChI=1S/C14H19BrN2O/c1-10-7-8-11(9-16-10)14(18)17-13-6-4-2-3-5-12(13)15/h7-9,12-13H,2-6H2,1H3,(H,17,18). The minimum Gasteiger partial charge on any atom is -0.348 e. The lowest BCUT2D eigenvalue weighted by Gasteiger charge is -2.21. The highest BCUT2D eigenvalue weighted by Crippen LogP contribution is 2.23. The largest absolute Gasteiger partial charge is 0.348 e. The molecule has 18 heavy (non-hydrogen) atoms. The van der Waals surface area contributed by atoms with Crippen LogP contribution in [0.1, 0.15) is 48.2 Å². The Bertz CT molecular complexity index is 405. The Morgan fingerprint density at radius 2 is 2.11 bits per heavy atom. The van der Waals surface area contributed by atoms with E-state index in [0.29, 0.717) is 10.4 Å². The van der Waals surface area contributed by atoms with Gasteiger partial charge < -0.3 is 5.32 Å². The fraction of sp³-hybridized carbons (Fsp3) is 0.571. The van der Waals surface area contributed by atoms with Crippen LogP contribution in [-0.4, -0.2) is 21.8 Å². The average Bonchev–Trinajstić information content (AvgIpc) is 2.56. The van der Waals surface area contributed by atoms with Crippen LogP contribution >= 0.6 is 15.9 Å². The molecular weight excluding hydrogens is 292 g/mol. The first-order valence-corrected chi connectivity index (χ1v) is 7.46. The molecule has 2 atom stereocenters. The average molecular weight is 311 g/mol. The van der Waals surface area contributed by atoms with Gasteiger partial charge >= 0.3 is 0 Å². The van der Waals surface area contributed by atoms with Crippen molar-refractivity contribution in [1.82, 2.24) is 10.3 Å². The summed E-state index contributed by atoms with van der Waals surface area (Å²) < 4.78 is 0. The SMILES string of the molecule is Cc1ccc(C(=O)NC2CCCCCC2Br)cn1. The molecule has 1 N–H and O–H groups in total. The van der Waals surface area contributed by atoms with Crippen molar-refractivity contribution < 1.29 is 4.79 Å². The van der Waals surface area contributed by atoms with Crippen molar-refractivity contribution in [1.29, 1.82) is 0 Å². The highest BCUT2D eigenvalue weighted by atomic mass is 79.9. The summed E-state index contributed by atoms with van der Waals surface area (Å²) in [5.74, 6) is -0.0150. The molecule has 2 unspecified atom stereocenters. The van der Waals surface area contributed by atoms with Gasteiger partial charge in [-0.15, -0.1) is 0 Å². The van der Waals surface area contributed by atoms with Crippen molar-refractivity contribution in [3.63, 3.8) is 0 Å². The monoisotopic (exact) mass is 310 g/mol. The van der Waals surface area contributed by atoms with Gasteiger partial charge in [0.25, 0.3) is 5.91 Å². The quantitative estimate of drug-likeness (QED) is 0.673. The maximum absolute atomic E-state index is 12.1. The number of rotatable bonds is 2. The second-order valence-corrected chi connectivity index (χ2v) is 6.10. The summed E-state index contributed by atoms with van der Waals surface area (Å²) in [5.41, 5.74) is 1.57. The van der Waals surface area contributed by atoms with Gasteiger partial charge in [0.05, 0.1) is 5.56 Å². The molecule has 2 rings (SSSR count). The summed E-state index contributed by atoms with van der Waals surface area (Å²) in [6.07, 6.45) is 7.54. The van der Waals surface area contributed by atoms with Crippen LogP contribution in [0.5, 0.6) is 0 Å². The van der Waals surface area contributed by atoms with Gasteiger partial charge in [-0.2, -0.15) is 0 Å². The van der Waals surface area contributed by atoms with E-state index in [-0.39, 0.29) is 11.9 Å². The van der Waals surface area contributed by atoms with E-state index in [0.717, 1.165) is 18.5 Å². The first-order valence-electron chi connectivity index (χ1n) is 6.54. The number of carbonyl (C=O) groups is 1. The Labute approximate surface area is 117 Å². The molecule has 1 amide bonds. The van der Waals surface area contributed by atoms with Crippen molar-refractivity contribution in [3.05, 3.63) is 29.6 Å². The van der Waals surface area contributed by atoms with Crippen molar-refractivity contribution in [2.75, 3.05) is 0 Å². The predicted octanol–water partition coefficient (Wildman–Crippen LogP) is 3.22. The Morgan fingerprint density at radius 3 is 2.83 bits per heavy atom. The summed E-state index contributed by atoms with van der Waals surface area (Å²) in [4.78, 5) is 16.7. The summed E-state index contributed by atoms with van der Waals surface area (Å²) in [5, 5.41) is 3.12. The number of halogens is 1. The highest BCUT2D eigenvalue weighted by Gasteiger charge is 2.23. The fourth-order valence-electron chi connectivity index (χ4n) is 2.28. The number of amides is 1. The van der Waals surface area contributed by atoms with Crippen molar-refractivity contribution in [3.8, 4) is 0 Å². The van der Waals surface area contributed by atoms with Crippen LogP contribution in [0.15, 0.2) is 18.3 Å². The van der Waals surface area contributed by atoms with Crippen molar-refractivity contribution in [2.24, 2.45) is 0 Å². The summed E-state index contributed by atoms with van der Waals surface area (Å²) in [6, 6.07) is 3.94. The van der Waals surface area contributed by atoms with Crippen LogP contribution in [0.3, 0.4) is 0 Å². The van der Waals surface area contributed by atoms with E-state index in [2.05, 4.69) is 26.2 Å². The molecule has 0 radical (unpaired) electrons. The van der Waals surface area contributed by atoms with Crippen LogP contribution < -0.4 is 5.32 Å². The Hall–Kier alpha value is -0.900. The first-order chi connectivity index (χ1) is 8.66. The van der Waals surface area contributed by atoms with Gasteiger partial charge in [-0.1, -0.05) is 35.2 Å². The van der Waals surface area contributed by atoms with Gasteiger partial charge in [-0.3, -0.25) is 9.78 Å². The molecule has 0 spiro atoms. The van der Waals surface area contributed by atoms with Gasteiger partial charge in [-0.05, 0) is 31.9 Å². The number of pyridine rings is 1. The molecule has 0 aromatic carbocycles. The smallest absolute Gasteiger partial charge is 0.253 e. The number of hydrogen-bond acceptors (Lipinski definition) is 2. The summed E-state index contributed by atoms with van der Waals surface area (Å²) in [6.45, 7) is 1.92. The van der Waals surface area contributed by atoms with Gasteiger partial charge in [-0.25, -0.2) is 0 Å². The molecule has 1 aromatic rings. The number of nitrogens with one attached hydrogen (secondary N) is 1. The zero-order chi connectivity index (χ0) is 13.0. The molecule has 1 aliphatic carbocycles.